The van der Waals surface area contributed by atoms with Crippen LogP contribution in [0.4, 0.5) is 5.69 Å². The second-order valence-corrected chi connectivity index (χ2v) is 8.63. The van der Waals surface area contributed by atoms with Crippen molar-refractivity contribution in [2.45, 2.75) is 26.2 Å². The van der Waals surface area contributed by atoms with Crippen molar-refractivity contribution in [2.24, 2.45) is 5.10 Å². The van der Waals surface area contributed by atoms with E-state index >= 15 is 0 Å². The van der Waals surface area contributed by atoms with Crippen LogP contribution in [-0.4, -0.2) is 27.4 Å². The smallest absolute Gasteiger partial charge is 0.312 e. The number of hydrogen-bond donors (Lipinski definition) is 0. The van der Waals surface area contributed by atoms with Gasteiger partial charge in [-0.25, -0.2) is 4.98 Å². The van der Waals surface area contributed by atoms with E-state index in [1.54, 1.807) is 18.2 Å². The Kier molecular flexibility index (Phi) is 7.92. The van der Waals surface area contributed by atoms with Gasteiger partial charge in [0.2, 0.25) is 5.75 Å². The standard InChI is InChI=1S/C22H20Br2N4O4/c1-3-5-6-20-26-18-8-7-15(23)12-16(18)22(29)27(20)25-13-14-10-17(24)21(32-9-4-2)19(11-14)28(30)31/h4,7-8,10-13H,2-3,5-6,9H2,1H3. The van der Waals surface area contributed by atoms with Gasteiger partial charge in [-0.2, -0.15) is 9.78 Å². The van der Waals surface area contributed by atoms with Crippen LogP contribution in [0.3, 0.4) is 0 Å². The van der Waals surface area contributed by atoms with Gasteiger partial charge in [0, 0.05) is 22.5 Å². The van der Waals surface area contributed by atoms with Gasteiger partial charge < -0.3 is 4.74 Å². The minimum Gasteiger partial charge on any atom is -0.482 e. The number of nitro benzene ring substituents is 1. The number of hydrogen-bond acceptors (Lipinski definition) is 6. The van der Waals surface area contributed by atoms with Gasteiger partial charge in [-0.3, -0.25) is 14.9 Å². The monoisotopic (exact) mass is 562 g/mol. The highest BCUT2D eigenvalue weighted by Crippen LogP contribution is 2.36. The second kappa shape index (κ2) is 10.6. The highest BCUT2D eigenvalue weighted by atomic mass is 79.9. The van der Waals surface area contributed by atoms with E-state index in [2.05, 4.69) is 55.4 Å². The van der Waals surface area contributed by atoms with Gasteiger partial charge in [0.15, 0.2) is 0 Å². The zero-order chi connectivity index (χ0) is 23.3. The highest BCUT2D eigenvalue weighted by molar-refractivity contribution is 9.10. The van der Waals surface area contributed by atoms with E-state index in [1.807, 2.05) is 6.07 Å². The van der Waals surface area contributed by atoms with Gasteiger partial charge in [0.25, 0.3) is 5.56 Å². The Bertz CT molecular complexity index is 1270. The molecule has 32 heavy (non-hydrogen) atoms. The maximum absolute atomic E-state index is 13.1. The second-order valence-electron chi connectivity index (χ2n) is 6.86. The fourth-order valence-corrected chi connectivity index (χ4v) is 3.97. The van der Waals surface area contributed by atoms with Crippen LogP contribution in [0.1, 0.15) is 31.2 Å². The van der Waals surface area contributed by atoms with Crippen LogP contribution in [0, 0.1) is 10.1 Å². The van der Waals surface area contributed by atoms with Gasteiger partial charge in [0.1, 0.15) is 12.4 Å². The number of unbranched alkanes of at least 4 members (excludes halogenated alkanes) is 1. The van der Waals surface area contributed by atoms with Gasteiger partial charge in [-0.1, -0.05) is 41.9 Å². The van der Waals surface area contributed by atoms with E-state index in [0.29, 0.717) is 33.2 Å². The van der Waals surface area contributed by atoms with Crippen molar-refractivity contribution < 1.29 is 9.66 Å². The molecular weight excluding hydrogens is 544 g/mol. The predicted octanol–water partition coefficient (Wildman–Crippen LogP) is 5.62. The quantitative estimate of drug-likeness (QED) is 0.146. The van der Waals surface area contributed by atoms with Crippen LogP contribution in [0.2, 0.25) is 0 Å². The summed E-state index contributed by atoms with van der Waals surface area (Å²) in [6, 6.07) is 8.30. The fraction of sp³-hybridized carbons (Fsp3) is 0.227. The zero-order valence-corrected chi connectivity index (χ0v) is 20.4. The topological polar surface area (TPSA) is 99.6 Å². The fourth-order valence-electron chi connectivity index (χ4n) is 3.03. The third kappa shape index (κ3) is 5.31. The lowest BCUT2D eigenvalue weighted by Gasteiger charge is -2.10. The average molecular weight is 564 g/mol. The molecule has 1 heterocycles. The molecule has 0 spiro atoms. The molecule has 3 aromatic rings. The molecule has 166 valence electrons. The lowest BCUT2D eigenvalue weighted by atomic mass is 10.2. The first kappa shape index (κ1) is 23.8. The molecule has 0 radical (unpaired) electrons. The molecule has 0 unspecified atom stereocenters. The summed E-state index contributed by atoms with van der Waals surface area (Å²) in [5, 5.41) is 16.3. The van der Waals surface area contributed by atoms with Crippen molar-refractivity contribution in [2.75, 3.05) is 6.61 Å². The number of aromatic nitrogens is 2. The number of rotatable bonds is 9. The van der Waals surface area contributed by atoms with Crippen molar-refractivity contribution in [3.8, 4) is 5.75 Å². The average Bonchev–Trinajstić information content (AvgIpc) is 2.76. The molecule has 0 saturated carbocycles. The van der Waals surface area contributed by atoms with Crippen LogP contribution in [0.25, 0.3) is 10.9 Å². The molecule has 8 nitrogen and oxygen atoms in total. The summed E-state index contributed by atoms with van der Waals surface area (Å²) in [6.45, 7) is 5.73. The summed E-state index contributed by atoms with van der Waals surface area (Å²) >= 11 is 6.69. The Morgan fingerprint density at radius 3 is 2.78 bits per heavy atom. The Morgan fingerprint density at radius 2 is 2.09 bits per heavy atom. The van der Waals surface area contributed by atoms with E-state index in [9.17, 15) is 14.9 Å². The first-order valence-corrected chi connectivity index (χ1v) is 11.4. The minimum atomic E-state index is -0.533. The number of halogens is 2. The normalized spacial score (nSPS) is 11.2. The number of aryl methyl sites for hydroxylation is 1. The molecule has 0 saturated heterocycles. The summed E-state index contributed by atoms with van der Waals surface area (Å²) in [5.41, 5.74) is 0.495. The van der Waals surface area contributed by atoms with Gasteiger partial charge in [-0.15, -0.1) is 0 Å². The van der Waals surface area contributed by atoms with Gasteiger partial charge in [0.05, 0.1) is 26.5 Å². The molecule has 0 fully saturated rings. The number of ether oxygens (including phenoxy) is 1. The summed E-state index contributed by atoms with van der Waals surface area (Å²) in [6.07, 6.45) is 5.26. The van der Waals surface area contributed by atoms with Crippen molar-refractivity contribution >= 4 is 54.7 Å². The zero-order valence-electron chi connectivity index (χ0n) is 17.3. The Labute approximate surface area is 201 Å². The molecule has 2 aromatic carbocycles. The number of nitrogens with zero attached hydrogens (tertiary/aromatic N) is 4. The molecule has 0 atom stereocenters. The number of benzene rings is 2. The van der Waals surface area contributed by atoms with E-state index in [-0.39, 0.29) is 23.6 Å². The molecule has 0 aliphatic rings. The maximum Gasteiger partial charge on any atom is 0.312 e. The van der Waals surface area contributed by atoms with Crippen LogP contribution >= 0.6 is 31.9 Å². The van der Waals surface area contributed by atoms with Crippen LogP contribution < -0.4 is 10.3 Å². The lowest BCUT2D eigenvalue weighted by Crippen LogP contribution is -2.22. The van der Waals surface area contributed by atoms with Crippen LogP contribution in [-0.2, 0) is 6.42 Å². The SMILES string of the molecule is C=CCOc1c(Br)cc(C=Nn2c(CCCC)nc3ccc(Br)cc3c2=O)cc1[N+](=O)[O-]. The van der Waals surface area contributed by atoms with Crippen LogP contribution in [0.15, 0.2) is 61.8 Å². The Balaban J connectivity index is 2.11. The van der Waals surface area contributed by atoms with Crippen molar-refractivity contribution in [3.63, 3.8) is 0 Å². The third-order valence-corrected chi connectivity index (χ3v) is 5.62. The van der Waals surface area contributed by atoms with Gasteiger partial charge >= 0.3 is 5.69 Å². The molecule has 0 bridgehead atoms. The summed E-state index contributed by atoms with van der Waals surface area (Å²) in [4.78, 5) is 28.8. The highest BCUT2D eigenvalue weighted by Gasteiger charge is 2.20. The van der Waals surface area contributed by atoms with E-state index in [4.69, 9.17) is 4.74 Å². The molecule has 10 heteroatoms. The molecule has 1 aromatic heterocycles. The first-order valence-electron chi connectivity index (χ1n) is 9.82. The van der Waals surface area contributed by atoms with E-state index < -0.39 is 4.92 Å². The van der Waals surface area contributed by atoms with Crippen molar-refractivity contribution in [1.29, 1.82) is 0 Å². The van der Waals surface area contributed by atoms with E-state index in [1.165, 1.54) is 23.0 Å². The largest absolute Gasteiger partial charge is 0.482 e. The van der Waals surface area contributed by atoms with E-state index in [0.717, 1.165) is 17.3 Å². The molecular formula is C22H20Br2N4O4. The Morgan fingerprint density at radius 1 is 1.31 bits per heavy atom. The molecule has 0 amide bonds. The molecule has 3 rings (SSSR count). The van der Waals surface area contributed by atoms with Crippen molar-refractivity contribution in [3.05, 3.63) is 83.8 Å². The summed E-state index contributed by atoms with van der Waals surface area (Å²) in [5.74, 6) is 0.632. The third-order valence-electron chi connectivity index (χ3n) is 4.54. The van der Waals surface area contributed by atoms with Crippen LogP contribution in [0.5, 0.6) is 5.75 Å². The van der Waals surface area contributed by atoms with Crippen molar-refractivity contribution in [1.82, 2.24) is 9.66 Å². The minimum absolute atomic E-state index is 0.102. The summed E-state index contributed by atoms with van der Waals surface area (Å²) < 4.78 is 7.83. The first-order chi connectivity index (χ1) is 15.3. The molecule has 0 aliphatic heterocycles. The Hall–Kier alpha value is -2.85. The lowest BCUT2D eigenvalue weighted by molar-refractivity contribution is -0.385. The summed E-state index contributed by atoms with van der Waals surface area (Å²) in [7, 11) is 0. The number of fused-ring (bicyclic) bond motifs is 1. The predicted molar refractivity (Wildman–Crippen MR) is 132 cm³/mol. The maximum atomic E-state index is 13.1. The van der Waals surface area contributed by atoms with Gasteiger partial charge in [-0.05, 0) is 46.6 Å². The molecule has 0 N–H and O–H groups in total. The molecule has 0 aliphatic carbocycles. The number of nitro groups is 1.